The third kappa shape index (κ3) is 4.38. The summed E-state index contributed by atoms with van der Waals surface area (Å²) in [5.74, 6) is 0.553. The first-order valence-electron chi connectivity index (χ1n) is 9.26. The maximum absolute atomic E-state index is 12.8. The molecule has 1 aromatic carbocycles. The molecule has 2 fully saturated rings. The molecule has 1 aromatic rings. The summed E-state index contributed by atoms with van der Waals surface area (Å²) in [6.07, 6.45) is -1.30. The molecule has 1 heterocycles. The van der Waals surface area contributed by atoms with Crippen molar-refractivity contribution in [1.82, 2.24) is 9.80 Å². The first kappa shape index (κ1) is 19.2. The lowest BCUT2D eigenvalue weighted by Gasteiger charge is -2.36. The molecule has 26 heavy (non-hydrogen) atoms. The maximum Gasteiger partial charge on any atom is 0.416 e. The maximum atomic E-state index is 12.8. The molecule has 1 aliphatic heterocycles. The minimum Gasteiger partial charge on any atom is -0.340 e. The number of carbonyl (C=O) groups is 1. The topological polar surface area (TPSA) is 49.6 Å². The molecule has 1 saturated carbocycles. The Hall–Kier alpha value is -1.60. The fourth-order valence-electron chi connectivity index (χ4n) is 4.11. The van der Waals surface area contributed by atoms with E-state index in [2.05, 4.69) is 4.90 Å². The predicted octanol–water partition coefficient (Wildman–Crippen LogP) is 2.72. The lowest BCUT2D eigenvalue weighted by Crippen LogP contribution is -2.50. The van der Waals surface area contributed by atoms with Gasteiger partial charge in [-0.05, 0) is 36.9 Å². The number of alkyl halides is 3. The zero-order valence-electron chi connectivity index (χ0n) is 14.8. The molecule has 1 aliphatic carbocycles. The van der Waals surface area contributed by atoms with Crippen LogP contribution in [0.1, 0.15) is 30.4 Å². The highest BCUT2D eigenvalue weighted by Crippen LogP contribution is 2.33. The third-order valence-corrected chi connectivity index (χ3v) is 5.62. The van der Waals surface area contributed by atoms with Gasteiger partial charge in [0.25, 0.3) is 0 Å². The first-order chi connectivity index (χ1) is 12.4. The van der Waals surface area contributed by atoms with Crippen LogP contribution in [0.25, 0.3) is 0 Å². The Morgan fingerprint density at radius 3 is 2.54 bits per heavy atom. The van der Waals surface area contributed by atoms with Gasteiger partial charge in [-0.3, -0.25) is 9.69 Å². The predicted molar refractivity (Wildman–Crippen MR) is 93.2 cm³/mol. The van der Waals surface area contributed by atoms with Crippen LogP contribution in [0, 0.1) is 11.8 Å². The Morgan fingerprint density at radius 1 is 1.15 bits per heavy atom. The van der Waals surface area contributed by atoms with E-state index in [1.165, 1.54) is 12.1 Å². The second-order valence-electron chi connectivity index (χ2n) is 7.33. The van der Waals surface area contributed by atoms with Gasteiger partial charge < -0.3 is 10.6 Å². The normalized spacial score (nSPS) is 24.8. The Bertz CT molecular complexity index is 627. The number of piperazine rings is 1. The van der Waals surface area contributed by atoms with Gasteiger partial charge in [0.15, 0.2) is 0 Å². The second kappa shape index (κ2) is 7.96. The number of rotatable bonds is 4. The van der Waals surface area contributed by atoms with Crippen molar-refractivity contribution in [3.8, 4) is 0 Å². The van der Waals surface area contributed by atoms with Gasteiger partial charge in [0, 0.05) is 38.6 Å². The molecule has 3 rings (SSSR count). The monoisotopic (exact) mass is 369 g/mol. The van der Waals surface area contributed by atoms with Crippen LogP contribution in [0.15, 0.2) is 24.3 Å². The molecule has 0 bridgehead atoms. The molecule has 1 saturated heterocycles. The molecule has 2 atom stereocenters. The first-order valence-corrected chi connectivity index (χ1v) is 9.26. The zero-order chi connectivity index (χ0) is 18.7. The van der Waals surface area contributed by atoms with Crippen molar-refractivity contribution < 1.29 is 18.0 Å². The Morgan fingerprint density at radius 2 is 1.88 bits per heavy atom. The molecule has 0 radical (unpaired) electrons. The smallest absolute Gasteiger partial charge is 0.340 e. The van der Waals surface area contributed by atoms with E-state index in [9.17, 15) is 18.0 Å². The fourth-order valence-corrected chi connectivity index (χ4v) is 4.11. The molecule has 2 N–H and O–H groups in total. The molecule has 0 unspecified atom stereocenters. The van der Waals surface area contributed by atoms with E-state index < -0.39 is 11.7 Å². The number of amides is 1. The summed E-state index contributed by atoms with van der Waals surface area (Å²) in [5.41, 5.74) is 5.82. The van der Waals surface area contributed by atoms with Crippen molar-refractivity contribution in [2.45, 2.75) is 32.0 Å². The van der Waals surface area contributed by atoms with Gasteiger partial charge in [0.2, 0.25) is 5.91 Å². The molecule has 144 valence electrons. The summed E-state index contributed by atoms with van der Waals surface area (Å²) in [6, 6.07) is 5.47. The second-order valence-corrected chi connectivity index (χ2v) is 7.33. The standard InChI is InChI=1S/C19H26F3N3O/c20-19(21,22)16-5-1-3-14(11-16)13-24-7-9-25(10-8-24)18(26)17-6-2-4-15(17)12-23/h1,3,5,11,15,17H,2,4,6-10,12-13,23H2/t15-,17-/m1/s1. The van der Waals surface area contributed by atoms with Gasteiger partial charge in [-0.25, -0.2) is 0 Å². The number of halogens is 3. The summed E-state index contributed by atoms with van der Waals surface area (Å²) >= 11 is 0. The van der Waals surface area contributed by atoms with E-state index >= 15 is 0 Å². The van der Waals surface area contributed by atoms with Crippen LogP contribution in [0.5, 0.6) is 0 Å². The largest absolute Gasteiger partial charge is 0.416 e. The van der Waals surface area contributed by atoms with Gasteiger partial charge in [0.1, 0.15) is 0 Å². The van der Waals surface area contributed by atoms with E-state index in [1.807, 2.05) is 4.90 Å². The molecule has 7 heteroatoms. The average molecular weight is 369 g/mol. The SMILES string of the molecule is NC[C@H]1CCC[C@H]1C(=O)N1CCN(Cc2cccc(C(F)(F)F)c2)CC1. The van der Waals surface area contributed by atoms with Crippen LogP contribution in [0.3, 0.4) is 0 Å². The summed E-state index contributed by atoms with van der Waals surface area (Å²) in [5, 5.41) is 0. The summed E-state index contributed by atoms with van der Waals surface area (Å²) in [7, 11) is 0. The lowest BCUT2D eigenvalue weighted by atomic mass is 9.94. The Balaban J connectivity index is 1.53. The van der Waals surface area contributed by atoms with E-state index in [1.54, 1.807) is 6.07 Å². The van der Waals surface area contributed by atoms with Crippen LogP contribution >= 0.6 is 0 Å². The number of nitrogens with two attached hydrogens (primary N) is 1. The lowest BCUT2D eigenvalue weighted by molar-refractivity contribution is -0.139. The number of carbonyl (C=O) groups excluding carboxylic acids is 1. The van der Waals surface area contributed by atoms with Crippen LogP contribution in [0.2, 0.25) is 0 Å². The molecule has 0 spiro atoms. The Labute approximate surface area is 152 Å². The highest BCUT2D eigenvalue weighted by atomic mass is 19.4. The highest BCUT2D eigenvalue weighted by Gasteiger charge is 2.35. The third-order valence-electron chi connectivity index (χ3n) is 5.62. The minimum atomic E-state index is -4.32. The molecule has 1 amide bonds. The quantitative estimate of drug-likeness (QED) is 0.888. The van der Waals surface area contributed by atoms with Crippen LogP contribution in [-0.2, 0) is 17.5 Å². The summed E-state index contributed by atoms with van der Waals surface area (Å²) < 4.78 is 38.5. The average Bonchev–Trinajstić information content (AvgIpc) is 3.10. The number of benzene rings is 1. The van der Waals surface area contributed by atoms with Crippen molar-refractivity contribution in [2.75, 3.05) is 32.7 Å². The van der Waals surface area contributed by atoms with Gasteiger partial charge in [0.05, 0.1) is 5.56 Å². The van der Waals surface area contributed by atoms with E-state index in [-0.39, 0.29) is 11.8 Å². The van der Waals surface area contributed by atoms with Gasteiger partial charge in [-0.1, -0.05) is 24.6 Å². The molecule has 0 aromatic heterocycles. The molecule has 2 aliphatic rings. The number of hydrogen-bond acceptors (Lipinski definition) is 3. The van der Waals surface area contributed by atoms with Crippen molar-refractivity contribution in [3.63, 3.8) is 0 Å². The minimum absolute atomic E-state index is 0.0509. The van der Waals surface area contributed by atoms with E-state index in [0.29, 0.717) is 50.7 Å². The summed E-state index contributed by atoms with van der Waals surface area (Å²) in [6.45, 7) is 3.66. The number of hydrogen-bond donors (Lipinski definition) is 1. The molecule has 4 nitrogen and oxygen atoms in total. The van der Waals surface area contributed by atoms with Crippen LogP contribution in [0.4, 0.5) is 13.2 Å². The summed E-state index contributed by atoms with van der Waals surface area (Å²) in [4.78, 5) is 16.7. The fraction of sp³-hybridized carbons (Fsp3) is 0.632. The van der Waals surface area contributed by atoms with Gasteiger partial charge >= 0.3 is 6.18 Å². The van der Waals surface area contributed by atoms with Crippen LogP contribution in [-0.4, -0.2) is 48.4 Å². The van der Waals surface area contributed by atoms with Gasteiger partial charge in [-0.15, -0.1) is 0 Å². The molecular weight excluding hydrogens is 343 g/mol. The highest BCUT2D eigenvalue weighted by molar-refractivity contribution is 5.79. The van der Waals surface area contributed by atoms with E-state index in [4.69, 9.17) is 5.73 Å². The van der Waals surface area contributed by atoms with Crippen molar-refractivity contribution in [1.29, 1.82) is 0 Å². The number of nitrogens with zero attached hydrogens (tertiary/aromatic N) is 2. The Kier molecular flexibility index (Phi) is 5.87. The molecular formula is C19H26F3N3O. The van der Waals surface area contributed by atoms with E-state index in [0.717, 1.165) is 25.3 Å². The zero-order valence-corrected chi connectivity index (χ0v) is 14.8. The van der Waals surface area contributed by atoms with Crippen molar-refractivity contribution >= 4 is 5.91 Å². The van der Waals surface area contributed by atoms with Gasteiger partial charge in [-0.2, -0.15) is 13.2 Å². The van der Waals surface area contributed by atoms with Crippen molar-refractivity contribution in [3.05, 3.63) is 35.4 Å². The van der Waals surface area contributed by atoms with Crippen molar-refractivity contribution in [2.24, 2.45) is 17.6 Å². The van der Waals surface area contributed by atoms with Crippen LogP contribution < -0.4 is 5.73 Å².